The van der Waals surface area contributed by atoms with Crippen LogP contribution in [0.4, 0.5) is 4.39 Å². The lowest BCUT2D eigenvalue weighted by Gasteiger charge is -2.04. The number of allylic oxidation sites excluding steroid dienone is 1. The van der Waals surface area contributed by atoms with E-state index < -0.39 is 0 Å². The maximum absolute atomic E-state index is 13.1. The highest BCUT2D eigenvalue weighted by Crippen LogP contribution is 2.26. The zero-order valence-electron chi connectivity index (χ0n) is 11.1. The number of methoxy groups -OCH3 is 1. The SMILES string of the molecule is COc1cc(C(=O)/C=C/c2ccc(F)c(Br)c2)ccc1O. The van der Waals surface area contributed by atoms with Crippen LogP contribution in [0.5, 0.6) is 11.5 Å². The van der Waals surface area contributed by atoms with Crippen LogP contribution in [0.25, 0.3) is 6.08 Å². The summed E-state index contributed by atoms with van der Waals surface area (Å²) in [5.74, 6) is -0.394. The Labute approximate surface area is 129 Å². The van der Waals surface area contributed by atoms with Gasteiger partial charge in [0.05, 0.1) is 11.6 Å². The summed E-state index contributed by atoms with van der Waals surface area (Å²) in [7, 11) is 1.41. The second kappa shape index (κ2) is 6.54. The molecule has 0 atom stereocenters. The van der Waals surface area contributed by atoms with Crippen LogP contribution in [0.3, 0.4) is 0 Å². The van der Waals surface area contributed by atoms with Crippen LogP contribution in [0.15, 0.2) is 46.9 Å². The van der Waals surface area contributed by atoms with E-state index in [4.69, 9.17) is 4.74 Å². The largest absolute Gasteiger partial charge is 0.504 e. The first-order valence-electron chi connectivity index (χ1n) is 6.05. The molecule has 0 spiro atoms. The Morgan fingerprint density at radius 3 is 2.71 bits per heavy atom. The summed E-state index contributed by atoms with van der Waals surface area (Å²) < 4.78 is 18.4. The lowest BCUT2D eigenvalue weighted by atomic mass is 10.1. The molecule has 0 bridgehead atoms. The van der Waals surface area contributed by atoms with Gasteiger partial charge in [0.2, 0.25) is 0 Å². The van der Waals surface area contributed by atoms with Gasteiger partial charge in [0.15, 0.2) is 17.3 Å². The van der Waals surface area contributed by atoms with E-state index in [0.29, 0.717) is 15.6 Å². The zero-order chi connectivity index (χ0) is 15.4. The van der Waals surface area contributed by atoms with Crippen LogP contribution >= 0.6 is 15.9 Å². The van der Waals surface area contributed by atoms with E-state index in [0.717, 1.165) is 0 Å². The minimum atomic E-state index is -0.359. The highest BCUT2D eigenvalue weighted by Gasteiger charge is 2.07. The van der Waals surface area contributed by atoms with E-state index in [-0.39, 0.29) is 23.1 Å². The number of benzene rings is 2. The number of halogens is 2. The van der Waals surface area contributed by atoms with Crippen LogP contribution in [0, 0.1) is 5.82 Å². The van der Waals surface area contributed by atoms with Crippen molar-refractivity contribution in [2.45, 2.75) is 0 Å². The van der Waals surface area contributed by atoms with E-state index in [1.165, 1.54) is 37.5 Å². The standard InChI is InChI=1S/C16H12BrFO3/c1-21-16-9-11(4-7-15(16)20)14(19)6-3-10-2-5-13(18)12(17)8-10/h2-9,20H,1H3/b6-3+. The average molecular weight is 351 g/mol. The maximum atomic E-state index is 13.1. The number of carbonyl (C=O) groups excluding carboxylic acids is 1. The van der Waals surface area contributed by atoms with Crippen molar-refractivity contribution in [1.82, 2.24) is 0 Å². The number of phenols is 1. The average Bonchev–Trinajstić information content (AvgIpc) is 2.48. The van der Waals surface area contributed by atoms with Crippen LogP contribution in [0.2, 0.25) is 0 Å². The molecule has 0 radical (unpaired) electrons. The van der Waals surface area contributed by atoms with Gasteiger partial charge in [0, 0.05) is 5.56 Å². The molecular weight excluding hydrogens is 339 g/mol. The topological polar surface area (TPSA) is 46.5 Å². The summed E-state index contributed by atoms with van der Waals surface area (Å²) in [4.78, 5) is 12.0. The molecule has 0 unspecified atom stereocenters. The number of hydrogen-bond acceptors (Lipinski definition) is 3. The van der Waals surface area contributed by atoms with Crippen LogP contribution < -0.4 is 4.74 Å². The van der Waals surface area contributed by atoms with Crippen LogP contribution in [-0.2, 0) is 0 Å². The second-order valence-electron chi connectivity index (χ2n) is 4.26. The van der Waals surface area contributed by atoms with Gasteiger partial charge in [-0.05, 0) is 57.9 Å². The molecule has 0 aliphatic heterocycles. The van der Waals surface area contributed by atoms with Gasteiger partial charge < -0.3 is 9.84 Å². The first-order valence-corrected chi connectivity index (χ1v) is 6.85. The molecule has 3 nitrogen and oxygen atoms in total. The van der Waals surface area contributed by atoms with Crippen molar-refractivity contribution in [3.63, 3.8) is 0 Å². The molecule has 2 aromatic rings. The Bertz CT molecular complexity index is 711. The molecule has 1 N–H and O–H groups in total. The van der Waals surface area contributed by atoms with Crippen molar-refractivity contribution < 1.29 is 19.0 Å². The van der Waals surface area contributed by atoms with Gasteiger partial charge in [-0.3, -0.25) is 4.79 Å². The summed E-state index contributed by atoms with van der Waals surface area (Å²) in [6.45, 7) is 0. The van der Waals surface area contributed by atoms with Crippen molar-refractivity contribution in [3.8, 4) is 11.5 Å². The minimum Gasteiger partial charge on any atom is -0.504 e. The first-order chi connectivity index (χ1) is 10.0. The van der Waals surface area contributed by atoms with E-state index in [9.17, 15) is 14.3 Å². The minimum absolute atomic E-state index is 0.0273. The fourth-order valence-corrected chi connectivity index (χ4v) is 2.11. The molecule has 0 aliphatic carbocycles. The van der Waals surface area contributed by atoms with E-state index in [1.54, 1.807) is 18.2 Å². The molecule has 0 aromatic heterocycles. The van der Waals surface area contributed by atoms with Crippen LogP contribution in [0.1, 0.15) is 15.9 Å². The molecule has 0 amide bonds. The Morgan fingerprint density at radius 2 is 2.05 bits per heavy atom. The second-order valence-corrected chi connectivity index (χ2v) is 5.11. The molecule has 0 fully saturated rings. The fourth-order valence-electron chi connectivity index (χ4n) is 1.72. The number of carbonyl (C=O) groups is 1. The Morgan fingerprint density at radius 1 is 1.29 bits per heavy atom. The third-order valence-corrected chi connectivity index (χ3v) is 3.44. The molecule has 5 heteroatoms. The van der Waals surface area contributed by atoms with Crippen molar-refractivity contribution in [2.75, 3.05) is 7.11 Å². The molecular formula is C16H12BrFO3. The monoisotopic (exact) mass is 350 g/mol. The van der Waals surface area contributed by atoms with Gasteiger partial charge in [-0.2, -0.15) is 0 Å². The molecule has 0 heterocycles. The van der Waals surface area contributed by atoms with Crippen molar-refractivity contribution in [3.05, 3.63) is 63.9 Å². The van der Waals surface area contributed by atoms with E-state index in [2.05, 4.69) is 15.9 Å². The third kappa shape index (κ3) is 3.70. The number of aromatic hydroxyl groups is 1. The molecule has 2 aromatic carbocycles. The Kier molecular flexibility index (Phi) is 4.75. The Hall–Kier alpha value is -2.14. The van der Waals surface area contributed by atoms with Crippen molar-refractivity contribution in [2.24, 2.45) is 0 Å². The lowest BCUT2D eigenvalue weighted by molar-refractivity contribution is 0.104. The first kappa shape index (κ1) is 15.3. The van der Waals surface area contributed by atoms with Gasteiger partial charge >= 0.3 is 0 Å². The predicted octanol–water partition coefficient (Wildman–Crippen LogP) is 4.20. The van der Waals surface area contributed by atoms with E-state index >= 15 is 0 Å². The molecule has 21 heavy (non-hydrogen) atoms. The smallest absolute Gasteiger partial charge is 0.185 e. The number of rotatable bonds is 4. The van der Waals surface area contributed by atoms with Gasteiger partial charge in [-0.25, -0.2) is 4.39 Å². The van der Waals surface area contributed by atoms with Crippen molar-refractivity contribution in [1.29, 1.82) is 0 Å². The number of ether oxygens (including phenoxy) is 1. The highest BCUT2D eigenvalue weighted by molar-refractivity contribution is 9.10. The fraction of sp³-hybridized carbons (Fsp3) is 0.0625. The Balaban J connectivity index is 2.20. The summed E-state index contributed by atoms with van der Waals surface area (Å²) in [5, 5.41) is 9.49. The quantitative estimate of drug-likeness (QED) is 0.663. The number of hydrogen-bond donors (Lipinski definition) is 1. The van der Waals surface area contributed by atoms with Crippen molar-refractivity contribution >= 4 is 27.8 Å². The summed E-state index contributed by atoms with van der Waals surface area (Å²) >= 11 is 3.09. The zero-order valence-corrected chi connectivity index (χ0v) is 12.7. The summed E-state index contributed by atoms with van der Waals surface area (Å²) in [6.07, 6.45) is 2.97. The maximum Gasteiger partial charge on any atom is 0.185 e. The van der Waals surface area contributed by atoms with Crippen LogP contribution in [-0.4, -0.2) is 18.0 Å². The lowest BCUT2D eigenvalue weighted by Crippen LogP contribution is -1.95. The third-order valence-electron chi connectivity index (χ3n) is 2.84. The van der Waals surface area contributed by atoms with Gasteiger partial charge in [0.25, 0.3) is 0 Å². The highest BCUT2D eigenvalue weighted by atomic mass is 79.9. The van der Waals surface area contributed by atoms with Gasteiger partial charge in [0.1, 0.15) is 5.82 Å². The molecule has 108 valence electrons. The molecule has 0 aliphatic rings. The normalized spacial score (nSPS) is 10.8. The number of phenolic OH excluding ortho intramolecular Hbond substituents is 1. The summed E-state index contributed by atoms with van der Waals surface area (Å²) in [5.41, 5.74) is 1.09. The van der Waals surface area contributed by atoms with E-state index in [1.807, 2.05) is 0 Å². The predicted molar refractivity (Wildman–Crippen MR) is 82.1 cm³/mol. The molecule has 0 saturated carbocycles. The van der Waals surface area contributed by atoms with Gasteiger partial charge in [-0.1, -0.05) is 12.1 Å². The number of ketones is 1. The molecule has 2 rings (SSSR count). The molecule has 0 saturated heterocycles. The van der Waals surface area contributed by atoms with Gasteiger partial charge in [-0.15, -0.1) is 0 Å². The summed E-state index contributed by atoms with van der Waals surface area (Å²) in [6, 6.07) is 8.83.